The van der Waals surface area contributed by atoms with Crippen molar-refractivity contribution in [3.05, 3.63) is 96.1 Å². The fourth-order valence-corrected chi connectivity index (χ4v) is 16.7. The van der Waals surface area contributed by atoms with Gasteiger partial charge in [0.25, 0.3) is 0 Å². The molecule has 12 nitrogen and oxygen atoms in total. The average Bonchev–Trinajstić information content (AvgIpc) is 3.78. The lowest BCUT2D eigenvalue weighted by atomic mass is 9.78. The van der Waals surface area contributed by atoms with Crippen LogP contribution in [-0.2, 0) is 4.74 Å². The minimum Gasteiger partial charge on any atom is -0.377 e. The molecule has 0 radical (unpaired) electrons. The van der Waals surface area contributed by atoms with Crippen molar-refractivity contribution in [2.24, 2.45) is 0 Å². The van der Waals surface area contributed by atoms with Crippen LogP contribution in [0.1, 0.15) is 222 Å². The fourth-order valence-electron chi connectivity index (χ4n) is 16.7. The number of aromatic nitrogens is 5. The number of piperidine rings is 4. The first-order valence-corrected chi connectivity index (χ1v) is 29.6. The van der Waals surface area contributed by atoms with Crippen LogP contribution in [0.3, 0.4) is 0 Å². The Bertz CT molecular complexity index is 3140. The number of pyridine rings is 5. The molecule has 12 heteroatoms. The van der Waals surface area contributed by atoms with E-state index in [0.717, 1.165) is 116 Å². The molecule has 0 saturated carbocycles. The number of nitrogens with zero attached hydrogens (tertiary/aromatic N) is 10. The number of cyclic esters (lactones) is 1. The van der Waals surface area contributed by atoms with Gasteiger partial charge in [0.1, 0.15) is 23.3 Å². The van der Waals surface area contributed by atoms with Gasteiger partial charge in [0.15, 0.2) is 18.6 Å². The van der Waals surface area contributed by atoms with Gasteiger partial charge in [-0.25, -0.2) is 14.8 Å². The Labute approximate surface area is 467 Å². The van der Waals surface area contributed by atoms with Crippen LogP contribution < -0.4 is 38.2 Å². The maximum atomic E-state index is 14.2. The lowest BCUT2D eigenvalue weighted by molar-refractivity contribution is -0.966. The van der Waals surface area contributed by atoms with Gasteiger partial charge in [0.05, 0.1) is 11.1 Å². The number of rotatable bonds is 8. The van der Waals surface area contributed by atoms with E-state index in [1.165, 1.54) is 24.0 Å². The normalized spacial score (nSPS) is 24.8. The van der Waals surface area contributed by atoms with Gasteiger partial charge in [-0.3, -0.25) is 0 Å². The van der Waals surface area contributed by atoms with E-state index >= 15 is 0 Å². The minimum atomic E-state index is -0.784. The van der Waals surface area contributed by atoms with Crippen LogP contribution in [0.25, 0.3) is 22.5 Å². The molecule has 78 heavy (non-hydrogen) atoms. The van der Waals surface area contributed by atoms with Crippen LogP contribution in [0.15, 0.2) is 79.3 Å². The molecule has 416 valence electrons. The molecule has 0 aromatic carbocycles. The third-order valence-corrected chi connectivity index (χ3v) is 19.6. The summed E-state index contributed by atoms with van der Waals surface area (Å²) in [6.45, 7) is 38.9. The summed E-state index contributed by atoms with van der Waals surface area (Å²) in [4.78, 5) is 39.4. The lowest BCUT2D eigenvalue weighted by Crippen LogP contribution is -2.61. The summed E-state index contributed by atoms with van der Waals surface area (Å²) in [7, 11) is 4.01. The van der Waals surface area contributed by atoms with E-state index in [0.29, 0.717) is 5.69 Å². The molecule has 0 aliphatic carbocycles. The zero-order valence-electron chi connectivity index (χ0n) is 50.9. The summed E-state index contributed by atoms with van der Waals surface area (Å²) < 4.78 is 13.3. The minimum absolute atomic E-state index is 0.143. The number of hydrogen-bond acceptors (Lipinski definition) is 9. The Hall–Kier alpha value is -5.78. The number of carbonyl (C=O) groups excluding carboxylic acids is 1. The molecule has 0 N–H and O–H groups in total. The van der Waals surface area contributed by atoms with E-state index < -0.39 is 6.35 Å². The number of fused-ring (bicyclic) bond motifs is 4. The van der Waals surface area contributed by atoms with E-state index in [4.69, 9.17) is 14.7 Å². The van der Waals surface area contributed by atoms with Crippen molar-refractivity contribution in [2.75, 3.05) is 38.6 Å². The Morgan fingerprint density at radius 3 is 1.22 bits per heavy atom. The molecule has 5 aromatic rings. The highest BCUT2D eigenvalue weighted by Crippen LogP contribution is 2.56. The summed E-state index contributed by atoms with van der Waals surface area (Å²) in [6, 6.07) is 22.0. The average molecular weight is 1060 g/mol. The predicted molar refractivity (Wildman–Crippen MR) is 316 cm³/mol. The van der Waals surface area contributed by atoms with Crippen molar-refractivity contribution in [3.63, 3.8) is 0 Å². The summed E-state index contributed by atoms with van der Waals surface area (Å²) in [5, 5.41) is 0. The van der Waals surface area contributed by atoms with Gasteiger partial charge in [0.2, 0.25) is 17.4 Å². The Kier molecular flexibility index (Phi) is 12.6. The van der Waals surface area contributed by atoms with Gasteiger partial charge in [-0.1, -0.05) is 9.13 Å². The van der Waals surface area contributed by atoms with Gasteiger partial charge in [-0.15, -0.1) is 0 Å². The van der Waals surface area contributed by atoms with Crippen LogP contribution in [0, 0.1) is 0 Å². The van der Waals surface area contributed by atoms with Crippen molar-refractivity contribution in [2.45, 2.75) is 245 Å². The molecule has 0 amide bonds. The first kappa shape index (κ1) is 54.2. The Morgan fingerprint density at radius 2 is 0.821 bits per heavy atom. The Morgan fingerprint density at radius 1 is 0.462 bits per heavy atom. The van der Waals surface area contributed by atoms with E-state index in [-0.39, 0.29) is 56.3 Å². The van der Waals surface area contributed by atoms with Gasteiger partial charge in [0, 0.05) is 112 Å². The molecular weight excluding hydrogens is 965 g/mol. The largest absolute Gasteiger partial charge is 0.519 e. The molecule has 0 spiro atoms. The second-order valence-corrected chi connectivity index (χ2v) is 29.5. The van der Waals surface area contributed by atoms with Gasteiger partial charge < -0.3 is 29.2 Å². The van der Waals surface area contributed by atoms with Gasteiger partial charge >= 0.3 is 18.0 Å². The summed E-state index contributed by atoms with van der Waals surface area (Å²) in [5.41, 5.74) is 6.69. The number of hydrogen-bond donors (Lipinski definition) is 0. The molecule has 6 aliphatic rings. The molecule has 5 aromatic heterocycles. The van der Waals surface area contributed by atoms with Crippen LogP contribution in [-0.4, -0.2) is 74.3 Å². The van der Waals surface area contributed by atoms with Crippen molar-refractivity contribution in [1.82, 2.24) is 9.97 Å². The number of esters is 1. The summed E-state index contributed by atoms with van der Waals surface area (Å²) >= 11 is 0. The van der Waals surface area contributed by atoms with Crippen LogP contribution in [0.5, 0.6) is 0 Å². The van der Waals surface area contributed by atoms with Crippen LogP contribution in [0.4, 0.5) is 29.0 Å². The predicted octanol–water partition coefficient (Wildman–Crippen LogP) is 13.1. The second-order valence-electron chi connectivity index (χ2n) is 29.5. The number of carbonyl (C=O) groups is 1. The topological polar surface area (TPSA) is 79.9 Å². The highest BCUT2D eigenvalue weighted by Gasteiger charge is 2.55. The first-order valence-electron chi connectivity index (χ1n) is 29.6. The monoisotopic (exact) mass is 1060 g/mol. The molecule has 0 bridgehead atoms. The molecule has 2 atom stereocenters. The van der Waals surface area contributed by atoms with E-state index in [1.54, 1.807) is 0 Å². The van der Waals surface area contributed by atoms with Gasteiger partial charge in [-0.2, -0.15) is 4.57 Å². The lowest BCUT2D eigenvalue weighted by Gasteiger charge is -2.56. The van der Waals surface area contributed by atoms with Crippen molar-refractivity contribution in [3.8, 4) is 22.5 Å². The molecular formula is C66H93N10O2+3. The highest BCUT2D eigenvalue weighted by molar-refractivity contribution is 5.88. The van der Waals surface area contributed by atoms with Crippen molar-refractivity contribution >= 4 is 34.9 Å². The maximum Gasteiger partial charge on any atom is 0.519 e. The number of anilines is 5. The van der Waals surface area contributed by atoms with Crippen molar-refractivity contribution < 1.29 is 23.2 Å². The smallest absolute Gasteiger partial charge is 0.377 e. The van der Waals surface area contributed by atoms with Crippen LogP contribution >= 0.6 is 0 Å². The van der Waals surface area contributed by atoms with Crippen molar-refractivity contribution in [1.29, 1.82) is 0 Å². The molecule has 11 heterocycles. The summed E-state index contributed by atoms with van der Waals surface area (Å²) in [6.07, 6.45) is 18.8. The van der Waals surface area contributed by atoms with E-state index in [9.17, 15) is 4.79 Å². The van der Waals surface area contributed by atoms with E-state index in [2.05, 4.69) is 207 Å². The quantitative estimate of drug-likeness (QED) is 0.109. The third kappa shape index (κ3) is 8.65. The Balaban J connectivity index is 1.31. The highest BCUT2D eigenvalue weighted by atomic mass is 16.6. The first-order chi connectivity index (χ1) is 36.4. The van der Waals surface area contributed by atoms with Crippen LogP contribution in [0.2, 0.25) is 0 Å². The molecule has 4 saturated heterocycles. The standard InChI is InChI=1S/C66H93N10O2/c1-59(2)30-23-31-60(3,4)73(59)50-42-45-52(55(67-50)75-63(9,10)34-25-35-64(75,11)12)47-27-19-21-38-70(47)54(45)46-43-51(74-61(5,6)32-24-33-62(74,7)8)68-56(76-65(13,14)36-26-37-66(76,15)16)53(46)48-28-20-22-39-71(48)58-72-40-29-44(69(17)18)41-49(72)57(77)78-58/h19-22,27-29,38-43,54,58H,23-26,30-37H2,1-18H3/q+3. The maximum absolute atomic E-state index is 14.2. The molecule has 4 fully saturated rings. The van der Waals surface area contributed by atoms with E-state index in [1.807, 2.05) is 35.8 Å². The molecule has 6 aliphatic heterocycles. The third-order valence-electron chi connectivity index (χ3n) is 19.6. The zero-order chi connectivity index (χ0) is 56.1. The summed E-state index contributed by atoms with van der Waals surface area (Å²) in [5.74, 6) is 3.73. The SMILES string of the molecule is CN(C)c1cc[n+]2c(c1)C(=O)OC2[n+]1ccccc1-c1c(C2c3cc(N4C(C)(C)CCCC4(C)C)nc(N4C(C)(C)CCCC4(C)C)c3-c3cccc[n+]32)cc(N2C(C)(C)CCCC2(C)C)nc1N1C(C)(C)CCCC1(C)C. The second kappa shape index (κ2) is 18.1. The zero-order valence-corrected chi connectivity index (χ0v) is 50.9. The number of ether oxygens (including phenoxy) is 1. The molecule has 11 rings (SSSR count). The van der Waals surface area contributed by atoms with Gasteiger partial charge in [-0.05, 0) is 212 Å². The molecule has 2 unspecified atom stereocenters. The fraction of sp³-hybridized carbons (Fsp3) is 0.606.